The van der Waals surface area contributed by atoms with Gasteiger partial charge >= 0.3 is 0 Å². The standard InChI is InChI=1S/C46H66P4/c1-43(2,3)48(44(4,5)6)36-34-42(50(45(7,8)9)46(10,11)12)41(49(39-29-21-15-22-30-39)40-31-23-16-24-32-40)33-35-47(37-25-17-13-18-26-37)38-27-19-14-20-28-38/h13-32,41-42H,33-36H2,1-12H3. The zero-order valence-corrected chi connectivity index (χ0v) is 36.9. The molecule has 0 saturated carbocycles. The summed E-state index contributed by atoms with van der Waals surface area (Å²) in [6, 6.07) is 46.2. The lowest BCUT2D eigenvalue weighted by Crippen LogP contribution is -2.41. The molecule has 0 nitrogen and oxygen atoms in total. The van der Waals surface area contributed by atoms with E-state index in [2.05, 4.69) is 204 Å². The smallest absolute Gasteiger partial charge is 0.00571 e. The average molecular weight is 743 g/mol. The maximum atomic E-state index is 2.57. The van der Waals surface area contributed by atoms with E-state index in [4.69, 9.17) is 0 Å². The highest BCUT2D eigenvalue weighted by Gasteiger charge is 2.46. The molecular weight excluding hydrogens is 676 g/mol. The Labute approximate surface area is 313 Å². The van der Waals surface area contributed by atoms with Gasteiger partial charge in [-0.25, -0.2) is 0 Å². The molecule has 0 heterocycles. The predicted octanol–water partition coefficient (Wildman–Crippen LogP) is 12.9. The van der Waals surface area contributed by atoms with E-state index in [-0.39, 0.29) is 26.2 Å². The van der Waals surface area contributed by atoms with E-state index in [1.165, 1.54) is 35.8 Å². The zero-order valence-electron chi connectivity index (χ0n) is 33.3. The first-order valence-electron chi connectivity index (χ1n) is 18.7. The van der Waals surface area contributed by atoms with Crippen LogP contribution in [0.3, 0.4) is 0 Å². The molecule has 4 aromatic rings. The first kappa shape index (κ1) is 41.4. The van der Waals surface area contributed by atoms with E-state index < -0.39 is 15.8 Å². The Balaban J connectivity index is 1.96. The summed E-state index contributed by atoms with van der Waals surface area (Å²) in [5.41, 5.74) is 1.23. The molecule has 2 unspecified atom stereocenters. The van der Waals surface area contributed by atoms with Crippen molar-refractivity contribution >= 4 is 52.9 Å². The predicted molar refractivity (Wildman–Crippen MR) is 238 cm³/mol. The molecule has 0 aromatic heterocycles. The third kappa shape index (κ3) is 11.3. The molecule has 0 bridgehead atoms. The Bertz CT molecular complexity index is 1430. The lowest BCUT2D eigenvalue weighted by Gasteiger charge is -2.52. The molecule has 0 aliphatic rings. The fourth-order valence-corrected chi connectivity index (χ4v) is 23.8. The van der Waals surface area contributed by atoms with Gasteiger partial charge in [0.2, 0.25) is 0 Å². The van der Waals surface area contributed by atoms with Crippen LogP contribution in [0.15, 0.2) is 121 Å². The highest BCUT2D eigenvalue weighted by molar-refractivity contribution is 7.75. The van der Waals surface area contributed by atoms with Crippen LogP contribution in [0.5, 0.6) is 0 Å². The van der Waals surface area contributed by atoms with Gasteiger partial charge in [-0.2, -0.15) is 0 Å². The second-order valence-electron chi connectivity index (χ2n) is 17.8. The van der Waals surface area contributed by atoms with Crippen LogP contribution < -0.4 is 21.2 Å². The largest absolute Gasteiger partial charge is 0.0956 e. The van der Waals surface area contributed by atoms with E-state index in [1.807, 2.05) is 0 Å². The summed E-state index contributed by atoms with van der Waals surface area (Å²) in [4.78, 5) is 0. The van der Waals surface area contributed by atoms with Crippen molar-refractivity contribution in [3.8, 4) is 0 Å². The molecule has 0 saturated heterocycles. The highest BCUT2D eigenvalue weighted by Crippen LogP contribution is 2.69. The van der Waals surface area contributed by atoms with Gasteiger partial charge in [-0.15, -0.1) is 0 Å². The fraction of sp³-hybridized carbons (Fsp3) is 0.478. The SMILES string of the molecule is CC(C)(C)P(CCC(C(CCP(c1ccccc1)c1ccccc1)P(c1ccccc1)c1ccccc1)P(C(C)(C)C)C(C)(C)C)C(C)(C)C. The van der Waals surface area contributed by atoms with Crippen LogP contribution in [0.4, 0.5) is 0 Å². The van der Waals surface area contributed by atoms with Crippen molar-refractivity contribution in [2.75, 3.05) is 12.3 Å². The number of hydrogen-bond donors (Lipinski definition) is 0. The van der Waals surface area contributed by atoms with Crippen molar-refractivity contribution in [2.45, 2.75) is 128 Å². The second kappa shape index (κ2) is 17.6. The van der Waals surface area contributed by atoms with Gasteiger partial charge in [-0.1, -0.05) is 220 Å². The maximum absolute atomic E-state index is 2.57. The van der Waals surface area contributed by atoms with Crippen molar-refractivity contribution in [1.82, 2.24) is 0 Å². The Morgan fingerprint density at radius 3 is 1.02 bits per heavy atom. The summed E-state index contributed by atoms with van der Waals surface area (Å²) in [5.74, 6) is 0. The molecule has 2 atom stereocenters. The fourth-order valence-electron chi connectivity index (χ4n) is 8.52. The van der Waals surface area contributed by atoms with Crippen molar-refractivity contribution in [3.63, 3.8) is 0 Å². The lowest BCUT2D eigenvalue weighted by atomic mass is 10.2. The number of hydrogen-bond acceptors (Lipinski definition) is 0. The first-order valence-corrected chi connectivity index (χ1v) is 24.6. The summed E-state index contributed by atoms with van der Waals surface area (Å²) in [6.45, 7) is 30.5. The van der Waals surface area contributed by atoms with Crippen LogP contribution in [-0.4, -0.2) is 44.3 Å². The van der Waals surface area contributed by atoms with Gasteiger partial charge in [0.25, 0.3) is 0 Å². The topological polar surface area (TPSA) is 0 Å². The molecule has 0 N–H and O–H groups in total. The van der Waals surface area contributed by atoms with Gasteiger partial charge in [0.05, 0.1) is 0 Å². The van der Waals surface area contributed by atoms with Crippen LogP contribution in [-0.2, 0) is 0 Å². The molecule has 4 aromatic carbocycles. The van der Waals surface area contributed by atoms with Crippen molar-refractivity contribution < 1.29 is 0 Å². The zero-order chi connectivity index (χ0) is 36.7. The number of rotatable bonds is 13. The van der Waals surface area contributed by atoms with E-state index in [9.17, 15) is 0 Å². The van der Waals surface area contributed by atoms with Crippen LogP contribution in [0, 0.1) is 0 Å². The van der Waals surface area contributed by atoms with Gasteiger partial charge in [0.1, 0.15) is 0 Å². The molecular formula is C46H66P4. The first-order chi connectivity index (χ1) is 23.4. The van der Waals surface area contributed by atoms with E-state index in [1.54, 1.807) is 10.6 Å². The molecule has 4 rings (SSSR count). The Kier molecular flexibility index (Phi) is 14.6. The summed E-state index contributed by atoms with van der Waals surface area (Å²) in [6.07, 6.45) is 5.11. The van der Waals surface area contributed by atoms with Gasteiger partial charge < -0.3 is 0 Å². The van der Waals surface area contributed by atoms with Crippen molar-refractivity contribution in [3.05, 3.63) is 121 Å². The minimum atomic E-state index is -0.602. The van der Waals surface area contributed by atoms with Crippen molar-refractivity contribution in [1.29, 1.82) is 0 Å². The van der Waals surface area contributed by atoms with Gasteiger partial charge in [-0.3, -0.25) is 0 Å². The third-order valence-electron chi connectivity index (χ3n) is 9.67. The van der Waals surface area contributed by atoms with Gasteiger partial charge in [0, 0.05) is 0 Å². The normalized spacial score (nSPS) is 14.5. The molecule has 0 radical (unpaired) electrons. The van der Waals surface area contributed by atoms with E-state index in [0.29, 0.717) is 21.6 Å². The number of benzene rings is 4. The molecule has 0 spiro atoms. The molecule has 0 aliphatic carbocycles. The minimum Gasteiger partial charge on any atom is -0.0956 e. The molecule has 0 aliphatic heterocycles. The summed E-state index contributed by atoms with van der Waals surface area (Å²) >= 11 is 0. The summed E-state index contributed by atoms with van der Waals surface area (Å²) < 4.78 is 0. The van der Waals surface area contributed by atoms with Gasteiger partial charge in [0.15, 0.2) is 0 Å². The molecule has 4 heteroatoms. The van der Waals surface area contributed by atoms with E-state index in [0.717, 1.165) is 0 Å². The van der Waals surface area contributed by atoms with Crippen LogP contribution in [0.1, 0.15) is 95.9 Å². The lowest BCUT2D eigenvalue weighted by molar-refractivity contribution is 0.637. The summed E-state index contributed by atoms with van der Waals surface area (Å²) in [5, 5.41) is 7.20. The Morgan fingerprint density at radius 1 is 0.380 bits per heavy atom. The second-order valence-corrected chi connectivity index (χ2v) is 30.6. The molecule has 0 fully saturated rings. The monoisotopic (exact) mass is 742 g/mol. The van der Waals surface area contributed by atoms with Crippen LogP contribution in [0.25, 0.3) is 0 Å². The minimum absolute atomic E-state index is 0.197. The van der Waals surface area contributed by atoms with Crippen molar-refractivity contribution in [2.24, 2.45) is 0 Å². The molecule has 270 valence electrons. The maximum Gasteiger partial charge on any atom is -0.00571 e. The Hall–Kier alpha value is -1.40. The molecule has 0 amide bonds. The average Bonchev–Trinajstić information content (AvgIpc) is 3.03. The van der Waals surface area contributed by atoms with E-state index >= 15 is 0 Å². The summed E-state index contributed by atoms with van der Waals surface area (Å²) in [7, 11) is -1.65. The third-order valence-corrected chi connectivity index (χ3v) is 23.6. The van der Waals surface area contributed by atoms with Crippen LogP contribution in [0.2, 0.25) is 0 Å². The quantitative estimate of drug-likeness (QED) is 0.120. The van der Waals surface area contributed by atoms with Gasteiger partial charge in [-0.05, 0) is 94.2 Å². The highest BCUT2D eigenvalue weighted by atomic mass is 31.1. The Morgan fingerprint density at radius 2 is 0.700 bits per heavy atom. The van der Waals surface area contributed by atoms with Crippen LogP contribution >= 0.6 is 31.7 Å². The molecule has 50 heavy (non-hydrogen) atoms.